The van der Waals surface area contributed by atoms with Crippen LogP contribution in [0.25, 0.3) is 0 Å². The Hall–Kier alpha value is -0.540. The summed E-state index contributed by atoms with van der Waals surface area (Å²) in [6.07, 6.45) is 9.05. The van der Waals surface area contributed by atoms with Crippen molar-refractivity contribution in [2.24, 2.45) is 0 Å². The third kappa shape index (κ3) is 2.58. The Kier molecular flexibility index (Phi) is 3.87. The van der Waals surface area contributed by atoms with Crippen molar-refractivity contribution in [2.45, 2.75) is 51.2 Å². The topological polar surface area (TPSA) is 29.9 Å². The molecule has 1 heterocycles. The number of halogens is 1. The summed E-state index contributed by atoms with van der Waals surface area (Å²) in [5.41, 5.74) is 1.42. The first-order chi connectivity index (χ1) is 7.78. The number of rotatable bonds is 5. The van der Waals surface area contributed by atoms with Crippen LogP contribution in [0.5, 0.6) is 0 Å². The smallest absolute Gasteiger partial charge is 0.0534 e. The third-order valence-electron chi connectivity index (χ3n) is 3.49. The maximum Gasteiger partial charge on any atom is 0.0534 e. The number of hydrogen-bond donors (Lipinski definition) is 1. The molecule has 4 heteroatoms. The van der Waals surface area contributed by atoms with Crippen LogP contribution in [0.15, 0.2) is 12.4 Å². The van der Waals surface area contributed by atoms with Crippen LogP contribution in [0, 0.1) is 0 Å². The minimum absolute atomic E-state index is 0.176. The zero-order chi connectivity index (χ0) is 11.4. The van der Waals surface area contributed by atoms with Gasteiger partial charge in [-0.15, -0.1) is 11.6 Å². The molecule has 16 heavy (non-hydrogen) atoms. The molecule has 1 N–H and O–H groups in total. The van der Waals surface area contributed by atoms with Crippen molar-refractivity contribution in [3.05, 3.63) is 18.0 Å². The molecule has 0 aromatic carbocycles. The summed E-state index contributed by atoms with van der Waals surface area (Å²) >= 11 is 6.08. The van der Waals surface area contributed by atoms with E-state index in [1.54, 1.807) is 0 Å². The van der Waals surface area contributed by atoms with Crippen LogP contribution >= 0.6 is 11.6 Å². The van der Waals surface area contributed by atoms with Crippen LogP contribution in [0.2, 0.25) is 0 Å². The Labute approximate surface area is 102 Å². The highest BCUT2D eigenvalue weighted by Gasteiger charge is 2.32. The van der Waals surface area contributed by atoms with Crippen LogP contribution in [0.3, 0.4) is 0 Å². The molecular formula is C12H20ClN3. The molecule has 1 aliphatic carbocycles. The van der Waals surface area contributed by atoms with E-state index >= 15 is 0 Å². The van der Waals surface area contributed by atoms with Crippen LogP contribution in [0.1, 0.15) is 38.2 Å². The highest BCUT2D eigenvalue weighted by molar-refractivity contribution is 6.18. The lowest BCUT2D eigenvalue weighted by Gasteiger charge is -2.27. The van der Waals surface area contributed by atoms with Crippen molar-refractivity contribution in [1.29, 1.82) is 0 Å². The molecule has 0 radical (unpaired) electrons. The van der Waals surface area contributed by atoms with Gasteiger partial charge in [-0.3, -0.25) is 4.68 Å². The summed E-state index contributed by atoms with van der Waals surface area (Å²) in [5.74, 6) is 0.717. The highest BCUT2D eigenvalue weighted by atomic mass is 35.5. The van der Waals surface area contributed by atoms with E-state index in [1.807, 2.05) is 10.9 Å². The highest BCUT2D eigenvalue weighted by Crippen LogP contribution is 2.30. The van der Waals surface area contributed by atoms with Crippen LogP contribution in [0.4, 0.5) is 0 Å². The summed E-state index contributed by atoms with van der Waals surface area (Å²) in [6.45, 7) is 3.91. The first-order valence-corrected chi connectivity index (χ1v) is 6.64. The largest absolute Gasteiger partial charge is 0.306 e. The van der Waals surface area contributed by atoms with E-state index in [4.69, 9.17) is 11.6 Å². The van der Waals surface area contributed by atoms with E-state index in [2.05, 4.69) is 23.5 Å². The molecule has 0 spiro atoms. The molecule has 0 bridgehead atoms. The predicted octanol–water partition coefficient (Wildman–Crippen LogP) is 2.54. The molecule has 0 atom stereocenters. The number of aromatic nitrogens is 2. The Balaban J connectivity index is 1.90. The van der Waals surface area contributed by atoms with Gasteiger partial charge in [0.25, 0.3) is 0 Å². The minimum Gasteiger partial charge on any atom is -0.306 e. The molecule has 0 amide bonds. The second-order valence-corrected chi connectivity index (χ2v) is 4.95. The van der Waals surface area contributed by atoms with Gasteiger partial charge in [0.15, 0.2) is 0 Å². The Morgan fingerprint density at radius 2 is 2.25 bits per heavy atom. The minimum atomic E-state index is 0.176. The predicted molar refractivity (Wildman–Crippen MR) is 66.7 cm³/mol. The van der Waals surface area contributed by atoms with Gasteiger partial charge in [0.2, 0.25) is 0 Å². The van der Waals surface area contributed by atoms with Crippen molar-refractivity contribution < 1.29 is 0 Å². The quantitative estimate of drug-likeness (QED) is 0.803. The van der Waals surface area contributed by atoms with Crippen LogP contribution in [-0.2, 0) is 13.1 Å². The number of nitrogens with one attached hydrogen (secondary N) is 1. The molecule has 0 saturated heterocycles. The molecule has 1 aromatic heterocycles. The van der Waals surface area contributed by atoms with E-state index in [0.717, 1.165) is 19.0 Å². The van der Waals surface area contributed by atoms with E-state index < -0.39 is 0 Å². The van der Waals surface area contributed by atoms with Gasteiger partial charge >= 0.3 is 0 Å². The maximum atomic E-state index is 6.08. The van der Waals surface area contributed by atoms with E-state index in [9.17, 15) is 0 Å². The first kappa shape index (κ1) is 11.9. The van der Waals surface area contributed by atoms with Crippen molar-refractivity contribution in [3.8, 4) is 0 Å². The van der Waals surface area contributed by atoms with Gasteiger partial charge in [-0.1, -0.05) is 12.8 Å². The molecule has 0 unspecified atom stereocenters. The summed E-state index contributed by atoms with van der Waals surface area (Å²) in [6, 6.07) is 0. The second-order valence-electron chi connectivity index (χ2n) is 4.68. The average Bonchev–Trinajstić information content (AvgIpc) is 2.96. The lowest BCUT2D eigenvalue weighted by atomic mass is 10.0. The lowest BCUT2D eigenvalue weighted by Crippen LogP contribution is -2.43. The number of nitrogens with zero attached hydrogens (tertiary/aromatic N) is 2. The zero-order valence-corrected chi connectivity index (χ0v) is 10.6. The molecule has 0 aliphatic heterocycles. The molecular weight excluding hydrogens is 222 g/mol. The van der Waals surface area contributed by atoms with Crippen LogP contribution in [-0.4, -0.2) is 21.2 Å². The van der Waals surface area contributed by atoms with Gasteiger partial charge in [0.05, 0.1) is 6.20 Å². The molecule has 1 aliphatic rings. The van der Waals surface area contributed by atoms with E-state index in [0.29, 0.717) is 0 Å². The number of aryl methyl sites for hydroxylation is 1. The van der Waals surface area contributed by atoms with Gasteiger partial charge in [-0.25, -0.2) is 0 Å². The fraction of sp³-hybridized carbons (Fsp3) is 0.750. The Morgan fingerprint density at radius 1 is 1.50 bits per heavy atom. The van der Waals surface area contributed by atoms with Gasteiger partial charge in [-0.2, -0.15) is 5.10 Å². The first-order valence-electron chi connectivity index (χ1n) is 6.10. The average molecular weight is 242 g/mol. The third-order valence-corrected chi connectivity index (χ3v) is 4.01. The molecule has 1 fully saturated rings. The van der Waals surface area contributed by atoms with Gasteiger partial charge in [-0.05, 0) is 19.8 Å². The SMILES string of the molecule is CCn1cc(CNC2(CCl)CCCC2)cn1. The Bertz CT molecular complexity index is 329. The van der Waals surface area contributed by atoms with E-state index in [1.165, 1.54) is 31.2 Å². The van der Waals surface area contributed by atoms with E-state index in [-0.39, 0.29) is 5.54 Å². The fourth-order valence-corrected chi connectivity index (χ4v) is 2.73. The lowest BCUT2D eigenvalue weighted by molar-refractivity contribution is 0.368. The molecule has 1 saturated carbocycles. The van der Waals surface area contributed by atoms with Crippen molar-refractivity contribution in [3.63, 3.8) is 0 Å². The maximum absolute atomic E-state index is 6.08. The summed E-state index contributed by atoms with van der Waals surface area (Å²) in [5, 5.41) is 7.89. The summed E-state index contributed by atoms with van der Waals surface area (Å²) in [4.78, 5) is 0. The molecule has 3 nitrogen and oxygen atoms in total. The van der Waals surface area contributed by atoms with Crippen molar-refractivity contribution in [1.82, 2.24) is 15.1 Å². The van der Waals surface area contributed by atoms with Crippen molar-refractivity contribution >= 4 is 11.6 Å². The molecule has 90 valence electrons. The Morgan fingerprint density at radius 3 is 2.81 bits per heavy atom. The second kappa shape index (κ2) is 5.19. The fourth-order valence-electron chi connectivity index (χ4n) is 2.37. The van der Waals surface area contributed by atoms with Gasteiger partial charge in [0.1, 0.15) is 0 Å². The van der Waals surface area contributed by atoms with Gasteiger partial charge in [0, 0.05) is 36.3 Å². The summed E-state index contributed by atoms with van der Waals surface area (Å²) < 4.78 is 1.96. The standard InChI is InChI=1S/C12H20ClN3/c1-2-16-9-11(8-15-16)7-14-12(10-13)5-3-4-6-12/h8-9,14H,2-7,10H2,1H3. The zero-order valence-electron chi connectivity index (χ0n) is 9.88. The number of alkyl halides is 1. The molecule has 1 aromatic rings. The number of hydrogen-bond acceptors (Lipinski definition) is 2. The van der Waals surface area contributed by atoms with Crippen molar-refractivity contribution in [2.75, 3.05) is 5.88 Å². The normalized spacial score (nSPS) is 19.1. The molecule has 2 rings (SSSR count). The monoisotopic (exact) mass is 241 g/mol. The summed E-state index contributed by atoms with van der Waals surface area (Å²) in [7, 11) is 0. The van der Waals surface area contributed by atoms with Gasteiger partial charge < -0.3 is 5.32 Å². The van der Waals surface area contributed by atoms with Crippen LogP contribution < -0.4 is 5.32 Å².